The standard InChI is InChI=1S/C17H19N3O2S/c1-13(17(21)20-7-9-22-10-8-20)23-16-11-15(18-12-19-16)14-5-3-2-4-6-14/h2-6,11-13H,7-10H2,1H3. The third-order valence-corrected chi connectivity index (χ3v) is 4.70. The zero-order valence-corrected chi connectivity index (χ0v) is 13.8. The first-order valence-electron chi connectivity index (χ1n) is 7.65. The van der Waals surface area contributed by atoms with Crippen LogP contribution in [0.25, 0.3) is 11.3 Å². The van der Waals surface area contributed by atoms with Crippen molar-refractivity contribution >= 4 is 17.7 Å². The lowest BCUT2D eigenvalue weighted by molar-refractivity contribution is -0.134. The summed E-state index contributed by atoms with van der Waals surface area (Å²) in [4.78, 5) is 22.9. The predicted octanol–water partition coefficient (Wildman–Crippen LogP) is 2.48. The van der Waals surface area contributed by atoms with Crippen LogP contribution in [-0.2, 0) is 9.53 Å². The summed E-state index contributed by atoms with van der Waals surface area (Å²) in [6.07, 6.45) is 1.55. The number of ether oxygens (including phenoxy) is 1. The van der Waals surface area contributed by atoms with E-state index in [9.17, 15) is 4.79 Å². The summed E-state index contributed by atoms with van der Waals surface area (Å²) in [7, 11) is 0. The Labute approximate surface area is 140 Å². The number of carbonyl (C=O) groups excluding carboxylic acids is 1. The molecule has 120 valence electrons. The van der Waals surface area contributed by atoms with Crippen LogP contribution in [0.1, 0.15) is 6.92 Å². The van der Waals surface area contributed by atoms with Gasteiger partial charge in [0, 0.05) is 18.7 Å². The third kappa shape index (κ3) is 4.09. The number of hydrogen-bond acceptors (Lipinski definition) is 5. The lowest BCUT2D eigenvalue weighted by Crippen LogP contribution is -2.44. The predicted molar refractivity (Wildman–Crippen MR) is 90.2 cm³/mol. The minimum Gasteiger partial charge on any atom is -0.378 e. The van der Waals surface area contributed by atoms with Gasteiger partial charge in [-0.3, -0.25) is 4.79 Å². The molecule has 6 heteroatoms. The highest BCUT2D eigenvalue weighted by atomic mass is 32.2. The van der Waals surface area contributed by atoms with Crippen molar-refractivity contribution < 1.29 is 9.53 Å². The Morgan fingerprint density at radius 1 is 1.22 bits per heavy atom. The Kier molecular flexibility index (Phi) is 5.25. The van der Waals surface area contributed by atoms with Crippen LogP contribution in [0.15, 0.2) is 47.8 Å². The van der Waals surface area contributed by atoms with Crippen molar-refractivity contribution in [1.82, 2.24) is 14.9 Å². The number of aromatic nitrogens is 2. The number of nitrogens with zero attached hydrogens (tertiary/aromatic N) is 3. The van der Waals surface area contributed by atoms with Crippen molar-refractivity contribution in [3.05, 3.63) is 42.7 Å². The Hall–Kier alpha value is -1.92. The molecule has 1 fully saturated rings. The van der Waals surface area contributed by atoms with Gasteiger partial charge in [-0.15, -0.1) is 0 Å². The molecule has 0 radical (unpaired) electrons. The topological polar surface area (TPSA) is 55.3 Å². The fraction of sp³-hybridized carbons (Fsp3) is 0.353. The van der Waals surface area contributed by atoms with Crippen LogP contribution in [-0.4, -0.2) is 52.3 Å². The molecule has 0 N–H and O–H groups in total. The van der Waals surface area contributed by atoms with E-state index in [1.807, 2.05) is 48.2 Å². The summed E-state index contributed by atoms with van der Waals surface area (Å²) in [6.45, 7) is 4.50. The van der Waals surface area contributed by atoms with Crippen molar-refractivity contribution in [3.63, 3.8) is 0 Å². The minimum atomic E-state index is -0.174. The quantitative estimate of drug-likeness (QED) is 0.637. The summed E-state index contributed by atoms with van der Waals surface area (Å²) in [5, 5.41) is 0.639. The average Bonchev–Trinajstić information content (AvgIpc) is 2.63. The smallest absolute Gasteiger partial charge is 0.235 e. The lowest BCUT2D eigenvalue weighted by atomic mass is 10.1. The zero-order chi connectivity index (χ0) is 16.1. The molecule has 1 aliphatic heterocycles. The molecule has 5 nitrogen and oxygen atoms in total. The summed E-state index contributed by atoms with van der Waals surface area (Å²) >= 11 is 1.47. The molecular weight excluding hydrogens is 310 g/mol. The van der Waals surface area contributed by atoms with E-state index in [2.05, 4.69) is 9.97 Å². The molecule has 0 saturated carbocycles. The first kappa shape index (κ1) is 16.0. The summed E-state index contributed by atoms with van der Waals surface area (Å²) < 4.78 is 5.29. The first-order valence-corrected chi connectivity index (χ1v) is 8.52. The largest absolute Gasteiger partial charge is 0.378 e. The fourth-order valence-electron chi connectivity index (χ4n) is 2.44. The summed E-state index contributed by atoms with van der Waals surface area (Å²) in [5.74, 6) is 0.137. The van der Waals surface area contributed by atoms with Crippen LogP contribution in [0.3, 0.4) is 0 Å². The Bertz CT molecular complexity index is 660. The van der Waals surface area contributed by atoms with E-state index >= 15 is 0 Å². The number of benzene rings is 1. The van der Waals surface area contributed by atoms with Gasteiger partial charge >= 0.3 is 0 Å². The maximum Gasteiger partial charge on any atom is 0.235 e. The number of amides is 1. The molecule has 1 atom stereocenters. The van der Waals surface area contributed by atoms with E-state index in [0.29, 0.717) is 26.3 Å². The molecule has 1 aliphatic rings. The van der Waals surface area contributed by atoms with Gasteiger partial charge < -0.3 is 9.64 Å². The monoisotopic (exact) mass is 329 g/mol. The molecule has 0 aliphatic carbocycles. The van der Waals surface area contributed by atoms with Crippen LogP contribution in [0.4, 0.5) is 0 Å². The van der Waals surface area contributed by atoms with E-state index < -0.39 is 0 Å². The highest BCUT2D eigenvalue weighted by molar-refractivity contribution is 8.00. The van der Waals surface area contributed by atoms with Gasteiger partial charge in [0.25, 0.3) is 0 Å². The third-order valence-electron chi connectivity index (χ3n) is 3.68. The molecule has 1 aromatic carbocycles. The second-order valence-electron chi connectivity index (χ2n) is 5.31. The molecule has 0 bridgehead atoms. The van der Waals surface area contributed by atoms with Gasteiger partial charge in [0.15, 0.2) is 0 Å². The van der Waals surface area contributed by atoms with Gasteiger partial charge in [0.05, 0.1) is 24.2 Å². The Balaban J connectivity index is 1.69. The SMILES string of the molecule is CC(Sc1cc(-c2ccccc2)ncn1)C(=O)N1CCOCC1. The van der Waals surface area contributed by atoms with Crippen LogP contribution in [0.5, 0.6) is 0 Å². The van der Waals surface area contributed by atoms with E-state index in [1.165, 1.54) is 11.8 Å². The highest BCUT2D eigenvalue weighted by Crippen LogP contribution is 2.26. The lowest BCUT2D eigenvalue weighted by Gasteiger charge is -2.28. The van der Waals surface area contributed by atoms with Crippen molar-refractivity contribution in [2.75, 3.05) is 26.3 Å². The molecule has 3 rings (SSSR count). The first-order chi connectivity index (χ1) is 11.2. The number of morpholine rings is 1. The Morgan fingerprint density at radius 2 is 1.96 bits per heavy atom. The fourth-order valence-corrected chi connectivity index (χ4v) is 3.34. The molecule has 1 aromatic heterocycles. The minimum absolute atomic E-state index is 0.137. The summed E-state index contributed by atoms with van der Waals surface area (Å²) in [6, 6.07) is 11.9. The van der Waals surface area contributed by atoms with Gasteiger partial charge in [-0.2, -0.15) is 0 Å². The molecule has 1 unspecified atom stereocenters. The van der Waals surface area contributed by atoms with E-state index in [0.717, 1.165) is 16.3 Å². The van der Waals surface area contributed by atoms with Crippen molar-refractivity contribution in [2.24, 2.45) is 0 Å². The van der Waals surface area contributed by atoms with Crippen molar-refractivity contribution in [2.45, 2.75) is 17.2 Å². The normalized spacial score (nSPS) is 16.1. The molecule has 0 spiro atoms. The Morgan fingerprint density at radius 3 is 2.70 bits per heavy atom. The number of hydrogen-bond donors (Lipinski definition) is 0. The van der Waals surface area contributed by atoms with Gasteiger partial charge in [-0.1, -0.05) is 42.1 Å². The molecule has 2 heterocycles. The number of carbonyl (C=O) groups is 1. The van der Waals surface area contributed by atoms with Gasteiger partial charge in [-0.25, -0.2) is 9.97 Å². The highest BCUT2D eigenvalue weighted by Gasteiger charge is 2.23. The number of rotatable bonds is 4. The average molecular weight is 329 g/mol. The van der Waals surface area contributed by atoms with E-state index in [4.69, 9.17) is 4.74 Å². The molecule has 2 aromatic rings. The zero-order valence-electron chi connectivity index (χ0n) is 13.0. The molecule has 1 saturated heterocycles. The summed E-state index contributed by atoms with van der Waals surface area (Å²) in [5.41, 5.74) is 1.91. The number of thioether (sulfide) groups is 1. The van der Waals surface area contributed by atoms with E-state index in [-0.39, 0.29) is 11.2 Å². The van der Waals surface area contributed by atoms with Crippen LogP contribution in [0.2, 0.25) is 0 Å². The van der Waals surface area contributed by atoms with E-state index in [1.54, 1.807) is 6.33 Å². The van der Waals surface area contributed by atoms with Gasteiger partial charge in [-0.05, 0) is 13.0 Å². The van der Waals surface area contributed by atoms with Gasteiger partial charge in [0.2, 0.25) is 5.91 Å². The molecular formula is C17H19N3O2S. The second kappa shape index (κ2) is 7.57. The maximum absolute atomic E-state index is 12.5. The van der Waals surface area contributed by atoms with Crippen molar-refractivity contribution in [1.29, 1.82) is 0 Å². The van der Waals surface area contributed by atoms with Gasteiger partial charge in [0.1, 0.15) is 11.4 Å². The van der Waals surface area contributed by atoms with Crippen molar-refractivity contribution in [3.8, 4) is 11.3 Å². The van der Waals surface area contributed by atoms with Crippen LogP contribution >= 0.6 is 11.8 Å². The molecule has 1 amide bonds. The van der Waals surface area contributed by atoms with Crippen LogP contribution in [0, 0.1) is 0 Å². The van der Waals surface area contributed by atoms with Crippen LogP contribution < -0.4 is 0 Å². The second-order valence-corrected chi connectivity index (χ2v) is 6.67. The maximum atomic E-state index is 12.5. The molecule has 23 heavy (non-hydrogen) atoms.